The van der Waals surface area contributed by atoms with Crippen LogP contribution in [0.15, 0.2) is 84.5 Å². The highest BCUT2D eigenvalue weighted by Gasteiger charge is 2.24. The molecule has 0 fully saturated rings. The normalized spacial score (nSPS) is 16.2. The molecule has 33 heavy (non-hydrogen) atoms. The number of halogens is 1. The van der Waals surface area contributed by atoms with Crippen LogP contribution in [0.2, 0.25) is 0 Å². The van der Waals surface area contributed by atoms with E-state index in [4.69, 9.17) is 10.5 Å². The number of nitrogens with one attached hydrogen (secondary N) is 1. The molecule has 166 valence electrons. The van der Waals surface area contributed by atoms with Crippen molar-refractivity contribution in [3.05, 3.63) is 107 Å². The number of methoxy groups -OCH3 is 1. The van der Waals surface area contributed by atoms with Crippen LogP contribution in [0.4, 0.5) is 15.8 Å². The molecule has 0 aromatic heterocycles. The standard InChI is InChI=1S/C27H23FN2O3/c1-33-23-4-2-3-18(15-23)14-21-10-9-20(26(21)31)13-17-5-7-19(8-6-17)27(32)30-25-12-11-22(28)16-24(25)29/h2-12,14-16,20H,13,29H2,1H3,(H,30,32)/b21-14+. The Morgan fingerprint density at radius 2 is 1.91 bits per heavy atom. The van der Waals surface area contributed by atoms with Gasteiger partial charge in [-0.15, -0.1) is 0 Å². The molecule has 4 rings (SSSR count). The Morgan fingerprint density at radius 1 is 1.12 bits per heavy atom. The Hall–Kier alpha value is -4.19. The number of carbonyl (C=O) groups excluding carboxylic acids is 2. The summed E-state index contributed by atoms with van der Waals surface area (Å²) in [6.45, 7) is 0. The number of nitrogens with two attached hydrogens (primary N) is 1. The number of ketones is 1. The van der Waals surface area contributed by atoms with E-state index >= 15 is 0 Å². The fourth-order valence-electron chi connectivity index (χ4n) is 3.68. The maximum absolute atomic E-state index is 13.2. The smallest absolute Gasteiger partial charge is 0.255 e. The minimum Gasteiger partial charge on any atom is -0.497 e. The Morgan fingerprint density at radius 3 is 2.64 bits per heavy atom. The highest BCUT2D eigenvalue weighted by atomic mass is 19.1. The number of carbonyl (C=O) groups is 2. The van der Waals surface area contributed by atoms with Crippen LogP contribution in [0.5, 0.6) is 5.75 Å². The fourth-order valence-corrected chi connectivity index (χ4v) is 3.68. The zero-order valence-electron chi connectivity index (χ0n) is 18.0. The third kappa shape index (κ3) is 5.18. The van der Waals surface area contributed by atoms with Gasteiger partial charge in [-0.05, 0) is 66.1 Å². The molecule has 1 aliphatic carbocycles. The van der Waals surface area contributed by atoms with Gasteiger partial charge in [-0.25, -0.2) is 4.39 Å². The Bertz CT molecular complexity index is 1260. The van der Waals surface area contributed by atoms with Crippen LogP contribution in [0.1, 0.15) is 21.5 Å². The molecular formula is C27H23FN2O3. The number of rotatable bonds is 6. The van der Waals surface area contributed by atoms with E-state index in [2.05, 4.69) is 5.32 Å². The molecule has 0 spiro atoms. The summed E-state index contributed by atoms with van der Waals surface area (Å²) in [6.07, 6.45) is 6.15. The van der Waals surface area contributed by atoms with E-state index in [0.29, 0.717) is 23.2 Å². The molecule has 0 heterocycles. The third-order valence-corrected chi connectivity index (χ3v) is 5.48. The third-order valence-electron chi connectivity index (χ3n) is 5.48. The van der Waals surface area contributed by atoms with Gasteiger partial charge in [-0.3, -0.25) is 9.59 Å². The van der Waals surface area contributed by atoms with Crippen LogP contribution in [-0.4, -0.2) is 18.8 Å². The number of allylic oxidation sites excluding steroid dienone is 3. The van der Waals surface area contributed by atoms with E-state index in [9.17, 15) is 14.0 Å². The highest BCUT2D eigenvalue weighted by Crippen LogP contribution is 2.26. The van der Waals surface area contributed by atoms with E-state index in [1.807, 2.05) is 54.6 Å². The van der Waals surface area contributed by atoms with Gasteiger partial charge in [0, 0.05) is 17.1 Å². The maximum Gasteiger partial charge on any atom is 0.255 e. The number of Topliss-reactive ketones (excluding diaryl/α,β-unsaturated/α-hetero) is 1. The first-order valence-corrected chi connectivity index (χ1v) is 10.5. The van der Waals surface area contributed by atoms with Crippen LogP contribution in [0.25, 0.3) is 6.08 Å². The molecule has 3 N–H and O–H groups in total. The molecule has 5 nitrogen and oxygen atoms in total. The number of nitrogen functional groups attached to an aromatic ring is 1. The van der Waals surface area contributed by atoms with Gasteiger partial charge < -0.3 is 15.8 Å². The second-order valence-corrected chi connectivity index (χ2v) is 7.79. The lowest BCUT2D eigenvalue weighted by Gasteiger charge is -2.10. The minimum absolute atomic E-state index is 0.0615. The number of hydrogen-bond donors (Lipinski definition) is 2. The van der Waals surface area contributed by atoms with Crippen LogP contribution >= 0.6 is 0 Å². The molecule has 0 radical (unpaired) electrons. The van der Waals surface area contributed by atoms with Crippen molar-refractivity contribution < 1.29 is 18.7 Å². The van der Waals surface area contributed by atoms with Crippen molar-refractivity contribution in [3.8, 4) is 5.75 Å². The van der Waals surface area contributed by atoms with Gasteiger partial charge in [-0.1, -0.05) is 36.4 Å². The van der Waals surface area contributed by atoms with Crippen molar-refractivity contribution in [2.45, 2.75) is 6.42 Å². The van der Waals surface area contributed by atoms with Gasteiger partial charge in [0.15, 0.2) is 5.78 Å². The fraction of sp³-hybridized carbons (Fsp3) is 0.111. The number of anilines is 2. The van der Waals surface area contributed by atoms with Crippen molar-refractivity contribution in [1.29, 1.82) is 0 Å². The van der Waals surface area contributed by atoms with Crippen LogP contribution in [0.3, 0.4) is 0 Å². The molecule has 0 bridgehead atoms. The Kier molecular flexibility index (Phi) is 6.36. The molecule has 3 aromatic carbocycles. The lowest BCUT2D eigenvalue weighted by atomic mass is 9.95. The predicted molar refractivity (Wildman–Crippen MR) is 128 cm³/mol. The number of hydrogen-bond acceptors (Lipinski definition) is 4. The lowest BCUT2D eigenvalue weighted by Crippen LogP contribution is -2.14. The van der Waals surface area contributed by atoms with Crippen molar-refractivity contribution in [2.24, 2.45) is 5.92 Å². The number of benzene rings is 3. The van der Waals surface area contributed by atoms with Crippen molar-refractivity contribution in [2.75, 3.05) is 18.2 Å². The molecule has 3 aromatic rings. The summed E-state index contributed by atoms with van der Waals surface area (Å²) >= 11 is 0. The van der Waals surface area contributed by atoms with Gasteiger partial charge in [0.2, 0.25) is 0 Å². The summed E-state index contributed by atoms with van der Waals surface area (Å²) in [6, 6.07) is 18.4. The zero-order valence-corrected chi connectivity index (χ0v) is 18.0. The topological polar surface area (TPSA) is 81.4 Å². The van der Waals surface area contributed by atoms with E-state index in [0.717, 1.165) is 22.9 Å². The van der Waals surface area contributed by atoms with Gasteiger partial charge >= 0.3 is 0 Å². The first-order valence-electron chi connectivity index (χ1n) is 10.5. The van der Waals surface area contributed by atoms with Gasteiger partial charge in [0.25, 0.3) is 5.91 Å². The molecule has 1 aliphatic rings. The van der Waals surface area contributed by atoms with E-state index < -0.39 is 5.82 Å². The molecule has 0 aliphatic heterocycles. The first-order chi connectivity index (χ1) is 15.9. The second kappa shape index (κ2) is 9.53. The molecular weight excluding hydrogens is 419 g/mol. The average Bonchev–Trinajstić information content (AvgIpc) is 3.15. The van der Waals surface area contributed by atoms with Crippen molar-refractivity contribution in [1.82, 2.24) is 0 Å². The lowest BCUT2D eigenvalue weighted by molar-refractivity contribution is -0.117. The molecule has 0 saturated carbocycles. The molecule has 1 unspecified atom stereocenters. The maximum atomic E-state index is 13.2. The van der Waals surface area contributed by atoms with Gasteiger partial charge in [-0.2, -0.15) is 0 Å². The summed E-state index contributed by atoms with van der Waals surface area (Å²) < 4.78 is 18.4. The molecule has 0 saturated heterocycles. The van der Waals surface area contributed by atoms with Gasteiger partial charge in [0.1, 0.15) is 11.6 Å². The zero-order chi connectivity index (χ0) is 23.4. The monoisotopic (exact) mass is 442 g/mol. The van der Waals surface area contributed by atoms with Crippen LogP contribution < -0.4 is 15.8 Å². The molecule has 1 atom stereocenters. The number of amides is 1. The van der Waals surface area contributed by atoms with Crippen LogP contribution in [-0.2, 0) is 11.2 Å². The van der Waals surface area contributed by atoms with Crippen LogP contribution in [0, 0.1) is 11.7 Å². The quantitative estimate of drug-likeness (QED) is 0.414. The van der Waals surface area contributed by atoms with Crippen molar-refractivity contribution in [3.63, 3.8) is 0 Å². The second-order valence-electron chi connectivity index (χ2n) is 7.79. The minimum atomic E-state index is -0.466. The van der Waals surface area contributed by atoms with E-state index in [1.54, 1.807) is 19.2 Å². The summed E-state index contributed by atoms with van der Waals surface area (Å²) in [7, 11) is 1.61. The first kappa shape index (κ1) is 22.0. The summed E-state index contributed by atoms with van der Waals surface area (Å²) in [5, 5.41) is 2.68. The average molecular weight is 442 g/mol. The predicted octanol–water partition coefficient (Wildman–Crippen LogP) is 5.05. The Balaban J connectivity index is 1.40. The Labute approximate surface area is 191 Å². The summed E-state index contributed by atoms with van der Waals surface area (Å²) in [5.74, 6) is -0.263. The molecule has 1 amide bonds. The summed E-state index contributed by atoms with van der Waals surface area (Å²) in [4.78, 5) is 25.3. The number of ether oxygens (including phenoxy) is 1. The molecule has 6 heteroatoms. The van der Waals surface area contributed by atoms with E-state index in [-0.39, 0.29) is 23.3 Å². The van der Waals surface area contributed by atoms with Crippen molar-refractivity contribution >= 4 is 29.1 Å². The van der Waals surface area contributed by atoms with Gasteiger partial charge in [0.05, 0.1) is 18.5 Å². The highest BCUT2D eigenvalue weighted by molar-refractivity contribution is 6.07. The SMILES string of the molecule is COc1cccc(/C=C2\C=CC(Cc3ccc(C(=O)Nc4ccc(F)cc4N)cc3)C2=O)c1. The summed E-state index contributed by atoms with van der Waals surface area (Å²) in [5.41, 5.74) is 9.19. The largest absolute Gasteiger partial charge is 0.497 e. The van der Waals surface area contributed by atoms with E-state index in [1.165, 1.54) is 12.1 Å².